The Morgan fingerprint density at radius 3 is 2.14 bits per heavy atom. The van der Waals surface area contributed by atoms with Gasteiger partial charge in [0.25, 0.3) is 0 Å². The molecule has 0 atom stereocenters. The molecular formula is C11H16INO. The Balaban J connectivity index is 3.69. The van der Waals surface area contributed by atoms with Crippen molar-refractivity contribution in [2.24, 2.45) is 7.05 Å². The molecule has 1 rings (SSSR count). The summed E-state index contributed by atoms with van der Waals surface area (Å²) >= 11 is 2.14. The van der Waals surface area contributed by atoms with Gasteiger partial charge in [0.2, 0.25) is 0 Å². The number of rotatable bonds is 1. The monoisotopic (exact) mass is 305 g/mol. The Morgan fingerprint density at radius 1 is 1.21 bits per heavy atom. The second-order valence-corrected chi connectivity index (χ2v) is 5.02. The summed E-state index contributed by atoms with van der Waals surface area (Å²) in [5.41, 5.74) is 3.29. The van der Waals surface area contributed by atoms with E-state index in [0.29, 0.717) is 5.92 Å². The van der Waals surface area contributed by atoms with E-state index in [1.165, 1.54) is 0 Å². The van der Waals surface area contributed by atoms with Crippen LogP contribution in [0.15, 0.2) is 4.79 Å². The van der Waals surface area contributed by atoms with Crippen LogP contribution in [0.4, 0.5) is 0 Å². The van der Waals surface area contributed by atoms with E-state index in [4.69, 9.17) is 0 Å². The molecule has 0 amide bonds. The summed E-state index contributed by atoms with van der Waals surface area (Å²) in [6, 6.07) is 0. The maximum atomic E-state index is 12.0. The number of hydrogen-bond acceptors (Lipinski definition) is 1. The molecule has 1 heterocycles. The molecule has 0 saturated carbocycles. The molecule has 0 radical (unpaired) electrons. The van der Waals surface area contributed by atoms with Crippen molar-refractivity contribution in [3.63, 3.8) is 0 Å². The van der Waals surface area contributed by atoms with Crippen molar-refractivity contribution in [1.29, 1.82) is 0 Å². The summed E-state index contributed by atoms with van der Waals surface area (Å²) in [6.45, 7) is 8.13. The normalized spacial score (nSPS) is 11.1. The van der Waals surface area contributed by atoms with E-state index in [1.54, 1.807) is 0 Å². The number of hydrogen-bond donors (Lipinski definition) is 0. The fraction of sp³-hybridized carbons (Fsp3) is 0.545. The quantitative estimate of drug-likeness (QED) is 0.731. The lowest BCUT2D eigenvalue weighted by Crippen LogP contribution is -2.22. The Morgan fingerprint density at radius 2 is 1.71 bits per heavy atom. The van der Waals surface area contributed by atoms with E-state index >= 15 is 0 Å². The number of nitrogens with zero attached hydrogens (tertiary/aromatic N) is 1. The highest BCUT2D eigenvalue weighted by atomic mass is 127. The zero-order valence-electron chi connectivity index (χ0n) is 9.31. The molecule has 0 bridgehead atoms. The van der Waals surface area contributed by atoms with Gasteiger partial charge in [-0.25, -0.2) is 0 Å². The largest absolute Gasteiger partial charge is 0.351 e. The molecule has 1 aromatic rings. The summed E-state index contributed by atoms with van der Waals surface area (Å²) in [7, 11) is 2.01. The minimum absolute atomic E-state index is 0.203. The molecule has 0 fully saturated rings. The van der Waals surface area contributed by atoms with Crippen LogP contribution in [0, 0.1) is 17.4 Å². The molecule has 0 aliphatic rings. The highest BCUT2D eigenvalue weighted by Crippen LogP contribution is 2.18. The first kappa shape index (κ1) is 11.8. The van der Waals surface area contributed by atoms with Crippen LogP contribution in [-0.4, -0.2) is 4.57 Å². The van der Waals surface area contributed by atoms with Crippen LogP contribution in [0.2, 0.25) is 0 Å². The van der Waals surface area contributed by atoms with E-state index in [-0.39, 0.29) is 5.43 Å². The summed E-state index contributed by atoms with van der Waals surface area (Å²) in [6.07, 6.45) is 0. The van der Waals surface area contributed by atoms with E-state index in [0.717, 1.165) is 20.5 Å². The van der Waals surface area contributed by atoms with Crippen molar-refractivity contribution in [1.82, 2.24) is 4.57 Å². The number of aromatic nitrogens is 1. The Hall–Kier alpha value is -0.320. The van der Waals surface area contributed by atoms with Crippen molar-refractivity contribution in [2.75, 3.05) is 0 Å². The third-order valence-electron chi connectivity index (χ3n) is 2.73. The topological polar surface area (TPSA) is 22.0 Å². The van der Waals surface area contributed by atoms with Crippen molar-refractivity contribution < 1.29 is 0 Å². The Kier molecular flexibility index (Phi) is 3.40. The molecular weight excluding hydrogens is 289 g/mol. The molecule has 0 unspecified atom stereocenters. The van der Waals surface area contributed by atoms with Gasteiger partial charge in [0.15, 0.2) is 5.43 Å². The maximum absolute atomic E-state index is 12.0. The van der Waals surface area contributed by atoms with Crippen molar-refractivity contribution in [2.45, 2.75) is 33.6 Å². The predicted octanol–water partition coefficient (Wildman–Crippen LogP) is 2.73. The zero-order valence-corrected chi connectivity index (χ0v) is 11.5. The van der Waals surface area contributed by atoms with Gasteiger partial charge in [-0.2, -0.15) is 0 Å². The molecule has 0 saturated heterocycles. The second-order valence-electron chi connectivity index (χ2n) is 3.94. The van der Waals surface area contributed by atoms with Crippen molar-refractivity contribution >= 4 is 22.6 Å². The lowest BCUT2D eigenvalue weighted by Gasteiger charge is -2.17. The molecule has 2 nitrogen and oxygen atoms in total. The van der Waals surface area contributed by atoms with Crippen molar-refractivity contribution in [3.8, 4) is 0 Å². The van der Waals surface area contributed by atoms with Crippen LogP contribution in [-0.2, 0) is 7.05 Å². The van der Waals surface area contributed by atoms with Gasteiger partial charge in [0, 0.05) is 24.0 Å². The summed E-state index contributed by atoms with van der Waals surface area (Å²) < 4.78 is 2.94. The molecule has 0 N–H and O–H groups in total. The molecule has 0 spiro atoms. The highest BCUT2D eigenvalue weighted by Gasteiger charge is 2.15. The summed E-state index contributed by atoms with van der Waals surface area (Å²) in [5.74, 6) is 0.294. The van der Waals surface area contributed by atoms with Gasteiger partial charge in [-0.15, -0.1) is 0 Å². The third-order valence-corrected chi connectivity index (χ3v) is 4.01. The predicted molar refractivity (Wildman–Crippen MR) is 68.0 cm³/mol. The zero-order chi connectivity index (χ0) is 11.0. The van der Waals surface area contributed by atoms with Crippen LogP contribution in [0.5, 0.6) is 0 Å². The Bertz CT molecular complexity index is 418. The fourth-order valence-corrected chi connectivity index (χ4v) is 2.36. The van der Waals surface area contributed by atoms with Gasteiger partial charge in [0.05, 0.1) is 3.57 Å². The molecule has 0 aliphatic heterocycles. The average molecular weight is 305 g/mol. The molecule has 1 aromatic heterocycles. The molecule has 78 valence electrons. The number of pyridine rings is 1. The van der Waals surface area contributed by atoms with E-state index in [2.05, 4.69) is 41.0 Å². The van der Waals surface area contributed by atoms with Crippen LogP contribution in [0.3, 0.4) is 0 Å². The van der Waals surface area contributed by atoms with E-state index in [9.17, 15) is 4.79 Å². The Labute approximate surface area is 98.5 Å². The van der Waals surface area contributed by atoms with Gasteiger partial charge < -0.3 is 4.57 Å². The van der Waals surface area contributed by atoms with Crippen LogP contribution >= 0.6 is 22.6 Å². The second kappa shape index (κ2) is 4.04. The lowest BCUT2D eigenvalue weighted by atomic mass is 10.0. The molecule has 0 aliphatic carbocycles. The van der Waals surface area contributed by atoms with Crippen LogP contribution in [0.25, 0.3) is 0 Å². The average Bonchev–Trinajstić information content (AvgIpc) is 2.11. The van der Waals surface area contributed by atoms with Gasteiger partial charge in [0.1, 0.15) is 0 Å². The van der Waals surface area contributed by atoms with Gasteiger partial charge >= 0.3 is 0 Å². The van der Waals surface area contributed by atoms with E-state index < -0.39 is 0 Å². The van der Waals surface area contributed by atoms with Crippen LogP contribution in [0.1, 0.15) is 36.7 Å². The van der Waals surface area contributed by atoms with Gasteiger partial charge in [-0.3, -0.25) is 4.79 Å². The number of halogens is 1. The first-order valence-corrected chi connectivity index (χ1v) is 5.81. The third kappa shape index (κ3) is 1.74. The van der Waals surface area contributed by atoms with Gasteiger partial charge in [-0.05, 0) is 42.4 Å². The first-order chi connectivity index (χ1) is 6.37. The SMILES string of the molecule is Cc1c(I)c(=O)c(C(C)C)c(C)n1C. The van der Waals surface area contributed by atoms with Crippen molar-refractivity contribution in [3.05, 3.63) is 30.7 Å². The highest BCUT2D eigenvalue weighted by molar-refractivity contribution is 14.1. The first-order valence-electron chi connectivity index (χ1n) is 4.73. The maximum Gasteiger partial charge on any atom is 0.198 e. The standard InChI is InChI=1S/C11H16INO/c1-6(2)9-7(3)13(5)8(4)10(12)11(9)14/h6H,1-5H3. The fourth-order valence-electron chi connectivity index (χ4n) is 1.71. The summed E-state index contributed by atoms with van der Waals surface area (Å²) in [4.78, 5) is 12.0. The minimum atomic E-state index is 0.203. The summed E-state index contributed by atoms with van der Waals surface area (Å²) in [5, 5.41) is 0. The van der Waals surface area contributed by atoms with Crippen LogP contribution < -0.4 is 5.43 Å². The molecule has 3 heteroatoms. The lowest BCUT2D eigenvalue weighted by molar-refractivity contribution is 0.745. The molecule has 14 heavy (non-hydrogen) atoms. The molecule has 0 aromatic carbocycles. The minimum Gasteiger partial charge on any atom is -0.351 e. The van der Waals surface area contributed by atoms with Gasteiger partial charge in [-0.1, -0.05) is 13.8 Å². The van der Waals surface area contributed by atoms with E-state index in [1.807, 2.05) is 20.9 Å². The smallest absolute Gasteiger partial charge is 0.198 e.